The molecule has 2 aromatic heterocycles. The first-order valence-corrected chi connectivity index (χ1v) is 9.42. The molecule has 27 heavy (non-hydrogen) atoms. The molecule has 0 fully saturated rings. The number of methoxy groups -OCH3 is 1. The summed E-state index contributed by atoms with van der Waals surface area (Å²) in [5, 5.41) is 3.81. The molecule has 0 bridgehead atoms. The van der Waals surface area contributed by atoms with Crippen LogP contribution in [-0.4, -0.2) is 46.0 Å². The first-order chi connectivity index (χ1) is 13.1. The van der Waals surface area contributed by atoms with Gasteiger partial charge >= 0.3 is 0 Å². The lowest BCUT2D eigenvalue weighted by atomic mass is 10.2. The summed E-state index contributed by atoms with van der Waals surface area (Å²) in [6.45, 7) is 2.30. The number of thioether (sulfide) groups is 1. The Morgan fingerprint density at radius 2 is 2.11 bits per heavy atom. The zero-order chi connectivity index (χ0) is 19.2. The minimum absolute atomic E-state index is 0.0896. The summed E-state index contributed by atoms with van der Waals surface area (Å²) in [7, 11) is 1.59. The number of aromatic nitrogens is 3. The van der Waals surface area contributed by atoms with Crippen LogP contribution in [0, 0.1) is 0 Å². The van der Waals surface area contributed by atoms with Gasteiger partial charge in [-0.2, -0.15) is 0 Å². The Morgan fingerprint density at radius 1 is 1.30 bits per heavy atom. The Kier molecular flexibility index (Phi) is 6.20. The minimum Gasteiger partial charge on any atom is -0.383 e. The number of pyridine rings is 1. The maximum Gasteiger partial charge on any atom is 0.266 e. The van der Waals surface area contributed by atoms with Crippen molar-refractivity contribution in [3.8, 4) is 5.69 Å². The summed E-state index contributed by atoms with van der Waals surface area (Å²) in [6.07, 6.45) is 3.24. The van der Waals surface area contributed by atoms with Gasteiger partial charge in [0, 0.05) is 19.3 Å². The van der Waals surface area contributed by atoms with Crippen molar-refractivity contribution in [2.24, 2.45) is 0 Å². The van der Waals surface area contributed by atoms with E-state index in [2.05, 4.69) is 15.3 Å². The maximum absolute atomic E-state index is 13.0. The van der Waals surface area contributed by atoms with Crippen molar-refractivity contribution in [2.45, 2.75) is 18.1 Å². The highest BCUT2D eigenvalue weighted by Crippen LogP contribution is 2.20. The quantitative estimate of drug-likeness (QED) is 0.495. The van der Waals surface area contributed by atoms with Gasteiger partial charge in [0.1, 0.15) is 0 Å². The molecule has 0 aliphatic carbocycles. The van der Waals surface area contributed by atoms with E-state index in [0.29, 0.717) is 28.4 Å². The third-order valence-electron chi connectivity index (χ3n) is 3.81. The van der Waals surface area contributed by atoms with E-state index in [4.69, 9.17) is 4.74 Å². The molecule has 3 aromatic rings. The first kappa shape index (κ1) is 19.1. The average Bonchev–Trinajstić information content (AvgIpc) is 2.67. The van der Waals surface area contributed by atoms with Crippen molar-refractivity contribution in [1.82, 2.24) is 19.9 Å². The Bertz CT molecular complexity index is 991. The number of hydrogen-bond donors (Lipinski definition) is 1. The summed E-state index contributed by atoms with van der Waals surface area (Å²) >= 11 is 1.21. The molecule has 1 N–H and O–H groups in total. The highest BCUT2D eigenvalue weighted by Gasteiger charge is 2.15. The van der Waals surface area contributed by atoms with Crippen LogP contribution in [0.1, 0.15) is 6.92 Å². The highest BCUT2D eigenvalue weighted by molar-refractivity contribution is 7.99. The fourth-order valence-electron chi connectivity index (χ4n) is 2.66. The largest absolute Gasteiger partial charge is 0.383 e. The summed E-state index contributed by atoms with van der Waals surface area (Å²) < 4.78 is 6.51. The monoisotopic (exact) mass is 384 g/mol. The van der Waals surface area contributed by atoms with Gasteiger partial charge < -0.3 is 10.1 Å². The molecule has 0 unspecified atom stereocenters. The lowest BCUT2D eigenvalue weighted by Gasteiger charge is -2.14. The SMILES string of the molecule is COC[C@@H](C)NC(=O)CSc1nc2ccccc2c(=O)n1-c1cccnc1. The van der Waals surface area contributed by atoms with Crippen LogP contribution >= 0.6 is 11.8 Å². The Morgan fingerprint density at radius 3 is 2.85 bits per heavy atom. The molecule has 7 nitrogen and oxygen atoms in total. The van der Waals surface area contributed by atoms with E-state index in [9.17, 15) is 9.59 Å². The molecule has 1 atom stereocenters. The van der Waals surface area contributed by atoms with E-state index in [-0.39, 0.29) is 23.3 Å². The topological polar surface area (TPSA) is 86.1 Å². The molecule has 2 heterocycles. The van der Waals surface area contributed by atoms with E-state index in [0.717, 1.165) is 0 Å². The number of nitrogens with zero attached hydrogens (tertiary/aromatic N) is 3. The molecule has 0 aliphatic rings. The van der Waals surface area contributed by atoms with Crippen molar-refractivity contribution in [3.05, 3.63) is 59.1 Å². The fourth-order valence-corrected chi connectivity index (χ4v) is 3.48. The number of para-hydroxylation sites is 1. The molecule has 0 saturated heterocycles. The van der Waals surface area contributed by atoms with Gasteiger partial charge in [0.2, 0.25) is 5.91 Å². The lowest BCUT2D eigenvalue weighted by Crippen LogP contribution is -2.36. The highest BCUT2D eigenvalue weighted by atomic mass is 32.2. The predicted molar refractivity (Wildman–Crippen MR) is 105 cm³/mol. The number of carbonyl (C=O) groups is 1. The van der Waals surface area contributed by atoms with Crippen LogP contribution in [-0.2, 0) is 9.53 Å². The summed E-state index contributed by atoms with van der Waals surface area (Å²) in [4.78, 5) is 33.9. The number of hydrogen-bond acceptors (Lipinski definition) is 6. The third kappa shape index (κ3) is 4.53. The zero-order valence-electron chi connectivity index (χ0n) is 15.1. The zero-order valence-corrected chi connectivity index (χ0v) is 15.9. The number of rotatable bonds is 7. The Balaban J connectivity index is 1.94. The fraction of sp³-hybridized carbons (Fsp3) is 0.263. The standard InChI is InChI=1S/C19H20N4O3S/c1-13(11-26-2)21-17(24)12-27-19-22-16-8-4-3-7-15(16)18(25)23(19)14-6-5-9-20-10-14/h3-10,13H,11-12H2,1-2H3,(H,21,24)/t13-/m1/s1. The molecule has 0 saturated carbocycles. The molecule has 0 aliphatic heterocycles. The number of fused-ring (bicyclic) bond motifs is 1. The molecule has 1 aromatic carbocycles. The van der Waals surface area contributed by atoms with E-state index in [1.54, 1.807) is 49.8 Å². The molecular weight excluding hydrogens is 364 g/mol. The molecule has 0 spiro atoms. The number of nitrogens with one attached hydrogen (secondary N) is 1. The summed E-state index contributed by atoms with van der Waals surface area (Å²) in [5.74, 6) is -0.0104. The predicted octanol–water partition coefficient (Wildman–Crippen LogP) is 2.02. The van der Waals surface area contributed by atoms with Crippen molar-refractivity contribution in [1.29, 1.82) is 0 Å². The van der Waals surface area contributed by atoms with E-state index in [1.807, 2.05) is 13.0 Å². The summed E-state index contributed by atoms with van der Waals surface area (Å²) in [6, 6.07) is 10.6. The van der Waals surface area contributed by atoms with Gasteiger partial charge in [0.15, 0.2) is 5.16 Å². The van der Waals surface area contributed by atoms with Gasteiger partial charge in [0.25, 0.3) is 5.56 Å². The summed E-state index contributed by atoms with van der Waals surface area (Å²) in [5.41, 5.74) is 1.01. The van der Waals surface area contributed by atoms with Gasteiger partial charge in [-0.05, 0) is 31.2 Å². The number of ether oxygens (including phenoxy) is 1. The molecule has 1 amide bonds. The van der Waals surface area contributed by atoms with Crippen LogP contribution in [0.15, 0.2) is 58.7 Å². The van der Waals surface area contributed by atoms with Crippen molar-refractivity contribution < 1.29 is 9.53 Å². The van der Waals surface area contributed by atoms with Crippen LogP contribution in [0.4, 0.5) is 0 Å². The van der Waals surface area contributed by atoms with Gasteiger partial charge in [-0.25, -0.2) is 4.98 Å². The molecule has 140 valence electrons. The minimum atomic E-state index is -0.191. The number of carbonyl (C=O) groups excluding carboxylic acids is 1. The normalized spacial score (nSPS) is 12.1. The molecule has 3 rings (SSSR count). The van der Waals surface area contributed by atoms with Crippen LogP contribution in [0.2, 0.25) is 0 Å². The van der Waals surface area contributed by atoms with Crippen LogP contribution in [0.25, 0.3) is 16.6 Å². The second-order valence-electron chi connectivity index (χ2n) is 5.98. The number of benzene rings is 1. The second kappa shape index (κ2) is 8.79. The third-order valence-corrected chi connectivity index (χ3v) is 4.74. The van der Waals surface area contributed by atoms with E-state index >= 15 is 0 Å². The van der Waals surface area contributed by atoms with E-state index in [1.165, 1.54) is 16.3 Å². The first-order valence-electron chi connectivity index (χ1n) is 8.43. The molecular formula is C19H20N4O3S. The van der Waals surface area contributed by atoms with Crippen LogP contribution < -0.4 is 10.9 Å². The van der Waals surface area contributed by atoms with Gasteiger partial charge in [-0.3, -0.25) is 19.1 Å². The van der Waals surface area contributed by atoms with Gasteiger partial charge in [-0.1, -0.05) is 23.9 Å². The van der Waals surface area contributed by atoms with Gasteiger partial charge in [0.05, 0.1) is 35.1 Å². The maximum atomic E-state index is 13.0. The van der Waals surface area contributed by atoms with Crippen LogP contribution in [0.3, 0.4) is 0 Å². The Labute approximate surface area is 160 Å². The van der Waals surface area contributed by atoms with Crippen molar-refractivity contribution in [2.75, 3.05) is 19.5 Å². The Hall–Kier alpha value is -2.71. The smallest absolute Gasteiger partial charge is 0.266 e. The molecule has 0 radical (unpaired) electrons. The van der Waals surface area contributed by atoms with Gasteiger partial charge in [-0.15, -0.1) is 0 Å². The second-order valence-corrected chi connectivity index (χ2v) is 6.92. The van der Waals surface area contributed by atoms with Crippen molar-refractivity contribution >= 4 is 28.6 Å². The average molecular weight is 384 g/mol. The number of amides is 1. The molecule has 8 heteroatoms. The van der Waals surface area contributed by atoms with E-state index < -0.39 is 0 Å². The van der Waals surface area contributed by atoms with Crippen LogP contribution in [0.5, 0.6) is 0 Å². The lowest BCUT2D eigenvalue weighted by molar-refractivity contribution is -0.119. The van der Waals surface area contributed by atoms with Crippen molar-refractivity contribution in [3.63, 3.8) is 0 Å².